The van der Waals surface area contributed by atoms with E-state index >= 15 is 0 Å². The molecule has 2 aromatic rings. The minimum Gasteiger partial charge on any atom is -0.319 e. The summed E-state index contributed by atoms with van der Waals surface area (Å²) < 4.78 is 40.5. The Kier molecular flexibility index (Phi) is 4.04. The Morgan fingerprint density at radius 2 is 1.75 bits per heavy atom. The van der Waals surface area contributed by atoms with Crippen molar-refractivity contribution in [2.45, 2.75) is 11.8 Å². The molecule has 0 spiro atoms. The van der Waals surface area contributed by atoms with Gasteiger partial charge in [0, 0.05) is 11.0 Å². The van der Waals surface area contributed by atoms with Crippen LogP contribution >= 0.6 is 12.6 Å². The average molecular weight is 297 g/mol. The van der Waals surface area contributed by atoms with Crippen molar-refractivity contribution in [2.75, 3.05) is 5.32 Å². The molecule has 1 amide bonds. The Morgan fingerprint density at radius 3 is 2.45 bits per heavy atom. The van der Waals surface area contributed by atoms with Crippen LogP contribution in [0.1, 0.15) is 15.9 Å². The molecule has 0 aliphatic heterocycles. The molecule has 0 saturated heterocycles. The van der Waals surface area contributed by atoms with Gasteiger partial charge in [0.05, 0.1) is 11.3 Å². The van der Waals surface area contributed by atoms with Gasteiger partial charge in [0.25, 0.3) is 5.91 Å². The van der Waals surface area contributed by atoms with E-state index < -0.39 is 23.4 Å². The summed E-state index contributed by atoms with van der Waals surface area (Å²) in [5, 5.41) is 2.13. The van der Waals surface area contributed by atoms with E-state index in [9.17, 15) is 18.0 Å². The maximum atomic E-state index is 13.6. The summed E-state index contributed by atoms with van der Waals surface area (Å²) in [4.78, 5) is 12.2. The SMILES string of the molecule is Cc1cc(F)c(NC(=O)c2cc(S)ccc2F)cc1F. The highest BCUT2D eigenvalue weighted by atomic mass is 32.1. The van der Waals surface area contributed by atoms with Crippen LogP contribution in [0.5, 0.6) is 0 Å². The lowest BCUT2D eigenvalue weighted by Crippen LogP contribution is -2.15. The van der Waals surface area contributed by atoms with Crippen molar-refractivity contribution >= 4 is 24.2 Å². The second-order valence-electron chi connectivity index (χ2n) is 4.20. The van der Waals surface area contributed by atoms with Crippen LogP contribution in [0.3, 0.4) is 0 Å². The number of hydrogen-bond donors (Lipinski definition) is 2. The van der Waals surface area contributed by atoms with Crippen LogP contribution in [0, 0.1) is 24.4 Å². The minimum absolute atomic E-state index is 0.115. The molecule has 1 N–H and O–H groups in total. The molecule has 20 heavy (non-hydrogen) atoms. The number of aryl methyl sites for hydroxylation is 1. The van der Waals surface area contributed by atoms with Crippen LogP contribution in [0.25, 0.3) is 0 Å². The predicted octanol–water partition coefficient (Wildman–Crippen LogP) is 3.95. The Balaban J connectivity index is 2.32. The maximum Gasteiger partial charge on any atom is 0.258 e. The second kappa shape index (κ2) is 5.58. The zero-order valence-electron chi connectivity index (χ0n) is 10.4. The van der Waals surface area contributed by atoms with Crippen molar-refractivity contribution in [1.82, 2.24) is 0 Å². The van der Waals surface area contributed by atoms with Gasteiger partial charge in [-0.2, -0.15) is 0 Å². The zero-order valence-corrected chi connectivity index (χ0v) is 11.3. The fourth-order valence-electron chi connectivity index (χ4n) is 1.62. The summed E-state index contributed by atoms with van der Waals surface area (Å²) in [5.41, 5.74) is -0.524. The molecule has 0 unspecified atom stereocenters. The smallest absolute Gasteiger partial charge is 0.258 e. The highest BCUT2D eigenvalue weighted by molar-refractivity contribution is 7.80. The van der Waals surface area contributed by atoms with Gasteiger partial charge in [0.2, 0.25) is 0 Å². The summed E-state index contributed by atoms with van der Waals surface area (Å²) in [5.74, 6) is -3.10. The first kappa shape index (κ1) is 14.5. The standard InChI is InChI=1S/C14H10F3NOS/c1-7-4-12(17)13(6-11(7)16)18-14(19)9-5-8(20)2-3-10(9)15/h2-6,20H,1H3,(H,18,19). The van der Waals surface area contributed by atoms with Gasteiger partial charge in [0.15, 0.2) is 0 Å². The number of nitrogens with one attached hydrogen (secondary N) is 1. The molecule has 6 heteroatoms. The van der Waals surface area contributed by atoms with Crippen LogP contribution in [0.15, 0.2) is 35.2 Å². The number of anilines is 1. The highest BCUT2D eigenvalue weighted by Crippen LogP contribution is 2.21. The topological polar surface area (TPSA) is 29.1 Å². The normalized spacial score (nSPS) is 10.4. The monoisotopic (exact) mass is 297 g/mol. The third-order valence-electron chi connectivity index (χ3n) is 2.69. The van der Waals surface area contributed by atoms with Crippen molar-refractivity contribution < 1.29 is 18.0 Å². The molecule has 0 aliphatic carbocycles. The van der Waals surface area contributed by atoms with Crippen LogP contribution in [-0.2, 0) is 0 Å². The molecular weight excluding hydrogens is 287 g/mol. The first-order valence-corrected chi connectivity index (χ1v) is 6.08. The van der Waals surface area contributed by atoms with Crippen molar-refractivity contribution in [1.29, 1.82) is 0 Å². The average Bonchev–Trinajstić information content (AvgIpc) is 2.38. The van der Waals surface area contributed by atoms with E-state index in [4.69, 9.17) is 0 Å². The quantitative estimate of drug-likeness (QED) is 0.807. The molecule has 0 bridgehead atoms. The predicted molar refractivity (Wildman–Crippen MR) is 72.7 cm³/mol. The Morgan fingerprint density at radius 1 is 1.05 bits per heavy atom. The van der Waals surface area contributed by atoms with Gasteiger partial charge in [-0.3, -0.25) is 4.79 Å². The van der Waals surface area contributed by atoms with Crippen LogP contribution in [0.2, 0.25) is 0 Å². The molecule has 2 nitrogen and oxygen atoms in total. The number of thiol groups is 1. The number of amides is 1. The Bertz CT molecular complexity index is 688. The maximum absolute atomic E-state index is 13.6. The second-order valence-corrected chi connectivity index (χ2v) is 4.72. The number of halogens is 3. The van der Waals surface area contributed by atoms with Crippen LogP contribution < -0.4 is 5.32 Å². The molecule has 104 valence electrons. The molecule has 0 saturated carbocycles. The first-order chi connectivity index (χ1) is 9.38. The van der Waals surface area contributed by atoms with Crippen molar-refractivity contribution in [3.8, 4) is 0 Å². The summed E-state index contributed by atoms with van der Waals surface area (Å²) in [6.07, 6.45) is 0. The lowest BCUT2D eigenvalue weighted by Gasteiger charge is -2.09. The summed E-state index contributed by atoms with van der Waals surface area (Å²) in [7, 11) is 0. The number of carbonyl (C=O) groups is 1. The third-order valence-corrected chi connectivity index (χ3v) is 2.97. The van der Waals surface area contributed by atoms with E-state index in [1.54, 1.807) is 0 Å². The van der Waals surface area contributed by atoms with Crippen LogP contribution in [-0.4, -0.2) is 5.91 Å². The van der Waals surface area contributed by atoms with Crippen molar-refractivity contribution in [3.05, 3.63) is 58.9 Å². The molecule has 2 aromatic carbocycles. The number of rotatable bonds is 2. The molecule has 0 heterocycles. The largest absolute Gasteiger partial charge is 0.319 e. The number of hydrogen-bond acceptors (Lipinski definition) is 2. The molecule has 0 radical (unpaired) electrons. The van der Waals surface area contributed by atoms with Gasteiger partial charge in [-0.1, -0.05) is 0 Å². The third kappa shape index (κ3) is 2.96. The molecule has 0 fully saturated rings. The molecule has 0 aromatic heterocycles. The van der Waals surface area contributed by atoms with Gasteiger partial charge >= 0.3 is 0 Å². The van der Waals surface area contributed by atoms with Gasteiger partial charge in [-0.25, -0.2) is 13.2 Å². The van der Waals surface area contributed by atoms with E-state index in [-0.39, 0.29) is 16.8 Å². The van der Waals surface area contributed by atoms with E-state index in [1.807, 2.05) is 0 Å². The number of benzene rings is 2. The van der Waals surface area contributed by atoms with Crippen molar-refractivity contribution in [3.63, 3.8) is 0 Å². The van der Waals surface area contributed by atoms with Gasteiger partial charge in [0.1, 0.15) is 17.5 Å². The van der Waals surface area contributed by atoms with Gasteiger partial charge in [-0.05, 0) is 36.8 Å². The Labute approximate surface area is 119 Å². The van der Waals surface area contributed by atoms with Gasteiger partial charge in [-0.15, -0.1) is 12.6 Å². The fraction of sp³-hybridized carbons (Fsp3) is 0.0714. The molecular formula is C14H10F3NOS. The van der Waals surface area contributed by atoms with E-state index in [0.29, 0.717) is 4.90 Å². The lowest BCUT2D eigenvalue weighted by molar-refractivity contribution is 0.102. The molecule has 0 aliphatic rings. The van der Waals surface area contributed by atoms with Crippen molar-refractivity contribution in [2.24, 2.45) is 0 Å². The number of carbonyl (C=O) groups excluding carboxylic acids is 1. The van der Waals surface area contributed by atoms with E-state index in [0.717, 1.165) is 18.2 Å². The van der Waals surface area contributed by atoms with Gasteiger partial charge < -0.3 is 5.32 Å². The van der Waals surface area contributed by atoms with E-state index in [2.05, 4.69) is 17.9 Å². The molecule has 0 atom stereocenters. The summed E-state index contributed by atoms with van der Waals surface area (Å²) in [6.45, 7) is 1.40. The fourth-order valence-corrected chi connectivity index (χ4v) is 1.82. The minimum atomic E-state index is -0.874. The first-order valence-electron chi connectivity index (χ1n) is 5.64. The zero-order chi connectivity index (χ0) is 14.9. The Hall–Kier alpha value is -1.95. The van der Waals surface area contributed by atoms with Crippen LogP contribution in [0.4, 0.5) is 18.9 Å². The highest BCUT2D eigenvalue weighted by Gasteiger charge is 2.15. The van der Waals surface area contributed by atoms with E-state index in [1.165, 1.54) is 19.1 Å². The lowest BCUT2D eigenvalue weighted by atomic mass is 10.1. The summed E-state index contributed by atoms with van der Waals surface area (Å²) >= 11 is 3.99. The summed E-state index contributed by atoms with van der Waals surface area (Å²) in [6, 6.07) is 5.46. The molecule has 2 rings (SSSR count).